The molecular weight excluding hydrogens is 228 g/mol. The first kappa shape index (κ1) is 10.7. The van der Waals surface area contributed by atoms with Crippen LogP contribution in [-0.4, -0.2) is 19.6 Å². The summed E-state index contributed by atoms with van der Waals surface area (Å²) in [5.41, 5.74) is 3.45. The Hall–Kier alpha value is -2.43. The lowest BCUT2D eigenvalue weighted by Crippen LogP contribution is -2.17. The van der Waals surface area contributed by atoms with Crippen molar-refractivity contribution in [2.75, 3.05) is 0 Å². The summed E-state index contributed by atoms with van der Waals surface area (Å²) in [6.45, 7) is 2.12. The molecule has 2 heterocycles. The lowest BCUT2D eigenvalue weighted by molar-refractivity contribution is 0.840. The smallest absolute Gasteiger partial charge is 0.296 e. The Bertz CT molecular complexity index is 740. The van der Waals surface area contributed by atoms with E-state index in [2.05, 4.69) is 34.1 Å². The maximum Gasteiger partial charge on any atom is 0.349 e. The Kier molecular flexibility index (Phi) is 2.44. The van der Waals surface area contributed by atoms with E-state index >= 15 is 0 Å². The molecule has 0 unspecified atom stereocenters. The molecule has 5 nitrogen and oxygen atoms in total. The van der Waals surface area contributed by atoms with Gasteiger partial charge in [0.05, 0.1) is 12.5 Å². The highest BCUT2D eigenvalue weighted by Gasteiger charge is 2.09. The number of H-pyrrole nitrogens is 1. The first-order valence-electron chi connectivity index (χ1n) is 5.80. The second kappa shape index (κ2) is 4.10. The Balaban J connectivity index is 2.19. The zero-order valence-electron chi connectivity index (χ0n) is 9.92. The van der Waals surface area contributed by atoms with Crippen LogP contribution in [-0.2, 0) is 6.42 Å². The molecule has 1 aromatic carbocycles. The van der Waals surface area contributed by atoms with Crippen molar-refractivity contribution in [2.24, 2.45) is 0 Å². The van der Waals surface area contributed by atoms with Crippen molar-refractivity contribution in [3.63, 3.8) is 0 Å². The molecule has 0 aliphatic rings. The monoisotopic (exact) mass is 240 g/mol. The van der Waals surface area contributed by atoms with Gasteiger partial charge in [-0.2, -0.15) is 9.61 Å². The van der Waals surface area contributed by atoms with Gasteiger partial charge in [0.15, 0.2) is 5.65 Å². The second-order valence-electron chi connectivity index (χ2n) is 4.05. The summed E-state index contributed by atoms with van der Waals surface area (Å²) in [7, 11) is 0. The van der Waals surface area contributed by atoms with Crippen molar-refractivity contribution < 1.29 is 0 Å². The van der Waals surface area contributed by atoms with Gasteiger partial charge in [0.1, 0.15) is 0 Å². The molecule has 2 aromatic heterocycles. The van der Waals surface area contributed by atoms with Crippen LogP contribution in [0.4, 0.5) is 0 Å². The van der Waals surface area contributed by atoms with Gasteiger partial charge in [0.2, 0.25) is 0 Å². The molecule has 0 fully saturated rings. The van der Waals surface area contributed by atoms with Crippen molar-refractivity contribution in [1.82, 2.24) is 19.6 Å². The predicted molar refractivity (Wildman–Crippen MR) is 68.4 cm³/mol. The molecule has 0 aliphatic carbocycles. The first-order valence-corrected chi connectivity index (χ1v) is 5.80. The molecule has 0 amide bonds. The molecule has 0 aliphatic heterocycles. The SMILES string of the molecule is CCc1ccc(-c2cnn3c(=O)[nH]cnc23)cc1. The van der Waals surface area contributed by atoms with Crippen LogP contribution < -0.4 is 5.69 Å². The molecule has 3 rings (SSSR count). The van der Waals surface area contributed by atoms with Crippen LogP contribution in [0.25, 0.3) is 16.8 Å². The highest BCUT2D eigenvalue weighted by molar-refractivity contribution is 5.76. The summed E-state index contributed by atoms with van der Waals surface area (Å²) in [4.78, 5) is 18.2. The molecular formula is C13H12N4O. The van der Waals surface area contributed by atoms with Crippen molar-refractivity contribution >= 4 is 5.65 Å². The lowest BCUT2D eigenvalue weighted by atomic mass is 10.1. The van der Waals surface area contributed by atoms with Crippen LogP contribution in [0.2, 0.25) is 0 Å². The van der Waals surface area contributed by atoms with Gasteiger partial charge in [0, 0.05) is 5.56 Å². The molecule has 0 bridgehead atoms. The summed E-state index contributed by atoms with van der Waals surface area (Å²) >= 11 is 0. The number of nitrogens with one attached hydrogen (secondary N) is 1. The van der Waals surface area contributed by atoms with E-state index in [1.807, 2.05) is 12.1 Å². The minimum Gasteiger partial charge on any atom is -0.296 e. The van der Waals surface area contributed by atoms with Crippen LogP contribution in [0, 0.1) is 0 Å². The largest absolute Gasteiger partial charge is 0.349 e. The molecule has 1 N–H and O–H groups in total. The number of aryl methyl sites for hydroxylation is 1. The van der Waals surface area contributed by atoms with E-state index in [1.54, 1.807) is 6.20 Å². The average molecular weight is 240 g/mol. The molecule has 0 saturated heterocycles. The third kappa shape index (κ3) is 1.60. The molecule has 0 saturated carbocycles. The van der Waals surface area contributed by atoms with E-state index in [0.717, 1.165) is 17.5 Å². The van der Waals surface area contributed by atoms with Gasteiger partial charge < -0.3 is 0 Å². The molecule has 90 valence electrons. The number of fused-ring (bicyclic) bond motifs is 1. The number of aromatic nitrogens is 4. The summed E-state index contributed by atoms with van der Waals surface area (Å²) < 4.78 is 1.27. The summed E-state index contributed by atoms with van der Waals surface area (Å²) in [5, 5.41) is 4.05. The van der Waals surface area contributed by atoms with Crippen LogP contribution in [0.3, 0.4) is 0 Å². The maximum absolute atomic E-state index is 11.5. The third-order valence-corrected chi connectivity index (χ3v) is 2.98. The van der Waals surface area contributed by atoms with Gasteiger partial charge in [-0.05, 0) is 17.5 Å². The van der Waals surface area contributed by atoms with Gasteiger partial charge in [-0.1, -0.05) is 31.2 Å². The lowest BCUT2D eigenvalue weighted by Gasteiger charge is -2.00. The molecule has 5 heteroatoms. The maximum atomic E-state index is 11.5. The minimum atomic E-state index is -0.281. The summed E-state index contributed by atoms with van der Waals surface area (Å²) in [6.07, 6.45) is 4.06. The van der Waals surface area contributed by atoms with E-state index < -0.39 is 0 Å². The van der Waals surface area contributed by atoms with Crippen molar-refractivity contribution in [3.8, 4) is 11.1 Å². The van der Waals surface area contributed by atoms with Crippen LogP contribution >= 0.6 is 0 Å². The first-order chi connectivity index (χ1) is 8.79. The summed E-state index contributed by atoms with van der Waals surface area (Å²) in [6, 6.07) is 8.20. The molecule has 18 heavy (non-hydrogen) atoms. The molecule has 0 spiro atoms. The van der Waals surface area contributed by atoms with Crippen molar-refractivity contribution in [2.45, 2.75) is 13.3 Å². The Labute approximate surface area is 103 Å². The Morgan fingerprint density at radius 3 is 2.78 bits per heavy atom. The number of hydrogen-bond acceptors (Lipinski definition) is 3. The number of nitrogens with zero attached hydrogens (tertiary/aromatic N) is 3. The van der Waals surface area contributed by atoms with Crippen LogP contribution in [0.5, 0.6) is 0 Å². The fourth-order valence-corrected chi connectivity index (χ4v) is 1.95. The highest BCUT2D eigenvalue weighted by atomic mass is 16.1. The van der Waals surface area contributed by atoms with Gasteiger partial charge in [0.25, 0.3) is 0 Å². The number of aromatic amines is 1. The van der Waals surface area contributed by atoms with E-state index in [0.29, 0.717) is 5.65 Å². The quantitative estimate of drug-likeness (QED) is 0.740. The van der Waals surface area contributed by atoms with Gasteiger partial charge >= 0.3 is 5.69 Å². The van der Waals surface area contributed by atoms with Crippen molar-refractivity contribution in [1.29, 1.82) is 0 Å². The van der Waals surface area contributed by atoms with E-state index in [-0.39, 0.29) is 5.69 Å². The zero-order chi connectivity index (χ0) is 12.5. The standard InChI is InChI=1S/C13H12N4O/c1-2-9-3-5-10(6-4-9)11-7-16-17-12(11)14-8-15-13(17)18/h3-8H,2H2,1H3,(H,14,15,18). The van der Waals surface area contributed by atoms with Gasteiger partial charge in [-0.25, -0.2) is 9.78 Å². The van der Waals surface area contributed by atoms with E-state index in [4.69, 9.17) is 0 Å². The number of rotatable bonds is 2. The van der Waals surface area contributed by atoms with E-state index in [1.165, 1.54) is 16.4 Å². The second-order valence-corrected chi connectivity index (χ2v) is 4.05. The van der Waals surface area contributed by atoms with Crippen LogP contribution in [0.1, 0.15) is 12.5 Å². The van der Waals surface area contributed by atoms with Gasteiger partial charge in [-0.3, -0.25) is 4.98 Å². The number of hydrogen-bond donors (Lipinski definition) is 1. The number of benzene rings is 1. The topological polar surface area (TPSA) is 63.1 Å². The van der Waals surface area contributed by atoms with Gasteiger partial charge in [-0.15, -0.1) is 0 Å². The van der Waals surface area contributed by atoms with Crippen molar-refractivity contribution in [3.05, 3.63) is 52.8 Å². The minimum absolute atomic E-state index is 0.281. The normalized spacial score (nSPS) is 10.9. The van der Waals surface area contributed by atoms with E-state index in [9.17, 15) is 4.79 Å². The Morgan fingerprint density at radius 2 is 2.06 bits per heavy atom. The Morgan fingerprint density at radius 1 is 1.28 bits per heavy atom. The molecule has 3 aromatic rings. The highest BCUT2D eigenvalue weighted by Crippen LogP contribution is 2.22. The predicted octanol–water partition coefficient (Wildman–Crippen LogP) is 1.65. The van der Waals surface area contributed by atoms with Crippen LogP contribution in [0.15, 0.2) is 41.6 Å². The fraction of sp³-hybridized carbons (Fsp3) is 0.154. The molecule has 0 radical (unpaired) electrons. The summed E-state index contributed by atoms with van der Waals surface area (Å²) in [5.74, 6) is 0. The fourth-order valence-electron chi connectivity index (χ4n) is 1.95. The zero-order valence-corrected chi connectivity index (χ0v) is 9.92. The third-order valence-electron chi connectivity index (χ3n) is 2.98. The molecule has 0 atom stereocenters. The average Bonchev–Trinajstić information content (AvgIpc) is 2.84.